The largest absolute Gasteiger partial charge is 0.376 e. The van der Waals surface area contributed by atoms with Crippen molar-refractivity contribution in [3.05, 3.63) is 29.1 Å². The maximum Gasteiger partial charge on any atom is 0.225 e. The highest BCUT2D eigenvalue weighted by Gasteiger charge is 2.33. The molecule has 1 N–H and O–H groups in total. The molecule has 0 spiro atoms. The van der Waals surface area contributed by atoms with Gasteiger partial charge in [0.25, 0.3) is 0 Å². The van der Waals surface area contributed by atoms with Crippen LogP contribution in [0.3, 0.4) is 0 Å². The van der Waals surface area contributed by atoms with Gasteiger partial charge in [-0.2, -0.15) is 5.10 Å². The van der Waals surface area contributed by atoms with E-state index in [1.54, 1.807) is 0 Å². The molecule has 0 amide bonds. The van der Waals surface area contributed by atoms with Crippen molar-refractivity contribution < 1.29 is 4.74 Å². The minimum Gasteiger partial charge on any atom is -0.376 e. The fourth-order valence-corrected chi connectivity index (χ4v) is 2.97. The number of likely N-dealkylation sites (N-methyl/N-ethyl adjacent to an activating group) is 1. The zero-order valence-electron chi connectivity index (χ0n) is 14.2. The topological polar surface area (TPSA) is 79.8 Å². The Morgan fingerprint density at radius 2 is 2.13 bits per heavy atom. The van der Waals surface area contributed by atoms with Gasteiger partial charge >= 0.3 is 0 Å². The van der Waals surface area contributed by atoms with Crippen LogP contribution in [0.2, 0.25) is 0 Å². The number of hydrogen-bond acceptors (Lipinski definition) is 6. The minimum atomic E-state index is 0.0596. The van der Waals surface area contributed by atoms with E-state index < -0.39 is 0 Å². The van der Waals surface area contributed by atoms with Gasteiger partial charge in [-0.1, -0.05) is 6.92 Å². The summed E-state index contributed by atoms with van der Waals surface area (Å²) in [6, 6.07) is 2.03. The maximum absolute atomic E-state index is 5.92. The maximum atomic E-state index is 5.92. The summed E-state index contributed by atoms with van der Waals surface area (Å²) >= 11 is 0. The van der Waals surface area contributed by atoms with Crippen LogP contribution in [-0.4, -0.2) is 51.5 Å². The molecule has 2 aromatic rings. The van der Waals surface area contributed by atoms with Crippen LogP contribution in [0, 0.1) is 13.8 Å². The number of ether oxygens (including phenoxy) is 1. The van der Waals surface area contributed by atoms with E-state index in [4.69, 9.17) is 4.74 Å². The van der Waals surface area contributed by atoms with Crippen molar-refractivity contribution in [2.75, 3.05) is 25.1 Å². The first-order valence-electron chi connectivity index (χ1n) is 8.13. The van der Waals surface area contributed by atoms with E-state index in [1.807, 2.05) is 27.0 Å². The van der Waals surface area contributed by atoms with Crippen LogP contribution >= 0.6 is 0 Å². The van der Waals surface area contributed by atoms with Crippen LogP contribution < -0.4 is 4.90 Å². The average molecular weight is 316 g/mol. The Morgan fingerprint density at radius 1 is 1.30 bits per heavy atom. The number of hydrogen-bond donors (Lipinski definition) is 1. The molecule has 3 heterocycles. The van der Waals surface area contributed by atoms with Crippen molar-refractivity contribution in [1.29, 1.82) is 0 Å². The molecule has 1 aliphatic rings. The summed E-state index contributed by atoms with van der Waals surface area (Å²) in [5, 5.41) is 7.22. The van der Waals surface area contributed by atoms with Crippen molar-refractivity contribution in [2.45, 2.75) is 45.6 Å². The predicted molar refractivity (Wildman–Crippen MR) is 87.6 cm³/mol. The zero-order chi connectivity index (χ0) is 16.4. The van der Waals surface area contributed by atoms with E-state index >= 15 is 0 Å². The summed E-state index contributed by atoms with van der Waals surface area (Å²) in [6.45, 7) is 7.49. The lowest BCUT2D eigenvalue weighted by Crippen LogP contribution is -2.33. The number of aromatic amines is 1. The third-order valence-electron chi connectivity index (χ3n) is 4.21. The SMILES string of the molecule is CCc1cc(C)nc(N(C)C[C@H]2OCC[C@H]2c2n[nH]c(C)n2)n1. The van der Waals surface area contributed by atoms with Crippen LogP contribution in [0.4, 0.5) is 5.95 Å². The van der Waals surface area contributed by atoms with Crippen LogP contribution in [0.5, 0.6) is 0 Å². The Labute approximate surface area is 136 Å². The number of anilines is 1. The molecule has 0 aromatic carbocycles. The van der Waals surface area contributed by atoms with E-state index in [0.29, 0.717) is 0 Å². The molecule has 0 bridgehead atoms. The lowest BCUT2D eigenvalue weighted by molar-refractivity contribution is 0.108. The highest BCUT2D eigenvalue weighted by atomic mass is 16.5. The van der Waals surface area contributed by atoms with Gasteiger partial charge in [0.15, 0.2) is 5.82 Å². The quantitative estimate of drug-likeness (QED) is 0.906. The summed E-state index contributed by atoms with van der Waals surface area (Å²) < 4.78 is 5.92. The number of aromatic nitrogens is 5. The molecular formula is C16H24N6O. The molecule has 0 saturated carbocycles. The predicted octanol–water partition coefficient (Wildman–Crippen LogP) is 1.78. The number of nitrogens with one attached hydrogen (secondary N) is 1. The molecule has 23 heavy (non-hydrogen) atoms. The average Bonchev–Trinajstić information content (AvgIpc) is 3.15. The van der Waals surface area contributed by atoms with Crippen molar-refractivity contribution in [2.24, 2.45) is 0 Å². The Balaban J connectivity index is 1.74. The van der Waals surface area contributed by atoms with Gasteiger partial charge in [0, 0.05) is 31.6 Å². The Kier molecular flexibility index (Phi) is 4.56. The molecule has 1 fully saturated rings. The van der Waals surface area contributed by atoms with Crippen LogP contribution in [0.15, 0.2) is 6.07 Å². The Bertz CT molecular complexity index is 670. The summed E-state index contributed by atoms with van der Waals surface area (Å²) in [4.78, 5) is 15.7. The highest BCUT2D eigenvalue weighted by molar-refractivity contribution is 5.32. The summed E-state index contributed by atoms with van der Waals surface area (Å²) in [6.07, 6.45) is 1.91. The molecule has 1 saturated heterocycles. The molecule has 7 nitrogen and oxygen atoms in total. The van der Waals surface area contributed by atoms with Gasteiger partial charge in [0.05, 0.1) is 12.0 Å². The third-order valence-corrected chi connectivity index (χ3v) is 4.21. The van der Waals surface area contributed by atoms with Crippen molar-refractivity contribution in [3.63, 3.8) is 0 Å². The molecule has 0 unspecified atom stereocenters. The second-order valence-corrected chi connectivity index (χ2v) is 6.12. The van der Waals surface area contributed by atoms with Gasteiger partial charge in [-0.3, -0.25) is 5.10 Å². The molecule has 7 heteroatoms. The highest BCUT2D eigenvalue weighted by Crippen LogP contribution is 2.30. The van der Waals surface area contributed by atoms with E-state index in [9.17, 15) is 0 Å². The van der Waals surface area contributed by atoms with Crippen LogP contribution in [0.25, 0.3) is 0 Å². The van der Waals surface area contributed by atoms with Crippen molar-refractivity contribution in [3.8, 4) is 0 Å². The summed E-state index contributed by atoms with van der Waals surface area (Å²) in [5.41, 5.74) is 2.06. The normalized spacial score (nSPS) is 20.9. The number of nitrogens with zero attached hydrogens (tertiary/aromatic N) is 5. The number of rotatable bonds is 5. The first kappa shape index (κ1) is 15.9. The van der Waals surface area contributed by atoms with E-state index in [1.165, 1.54) is 0 Å². The second kappa shape index (κ2) is 6.62. The summed E-state index contributed by atoms with van der Waals surface area (Å²) in [5.74, 6) is 2.66. The Morgan fingerprint density at radius 3 is 2.83 bits per heavy atom. The van der Waals surface area contributed by atoms with Gasteiger partial charge in [0.1, 0.15) is 5.82 Å². The molecule has 124 valence electrons. The zero-order valence-corrected chi connectivity index (χ0v) is 14.2. The fourth-order valence-electron chi connectivity index (χ4n) is 2.97. The molecule has 1 aliphatic heterocycles. The van der Waals surface area contributed by atoms with E-state index in [0.717, 1.165) is 55.0 Å². The lowest BCUT2D eigenvalue weighted by atomic mass is 10.0. The first-order chi connectivity index (χ1) is 11.1. The van der Waals surface area contributed by atoms with Gasteiger partial charge in [-0.25, -0.2) is 15.0 Å². The molecular weight excluding hydrogens is 292 g/mol. The van der Waals surface area contributed by atoms with Crippen LogP contribution in [-0.2, 0) is 11.2 Å². The van der Waals surface area contributed by atoms with Gasteiger partial charge in [0.2, 0.25) is 5.95 Å². The minimum absolute atomic E-state index is 0.0596. The number of H-pyrrole nitrogens is 1. The van der Waals surface area contributed by atoms with Gasteiger partial charge < -0.3 is 9.64 Å². The van der Waals surface area contributed by atoms with Gasteiger partial charge in [-0.15, -0.1) is 0 Å². The second-order valence-electron chi connectivity index (χ2n) is 6.12. The van der Waals surface area contributed by atoms with Crippen LogP contribution in [0.1, 0.15) is 42.3 Å². The third kappa shape index (κ3) is 3.50. The molecule has 2 aromatic heterocycles. The van der Waals surface area contributed by atoms with Crippen molar-refractivity contribution >= 4 is 5.95 Å². The molecule has 0 radical (unpaired) electrons. The smallest absolute Gasteiger partial charge is 0.225 e. The van der Waals surface area contributed by atoms with Crippen molar-refractivity contribution in [1.82, 2.24) is 25.1 Å². The Hall–Kier alpha value is -2.02. The first-order valence-corrected chi connectivity index (χ1v) is 8.13. The molecule has 0 aliphatic carbocycles. The monoisotopic (exact) mass is 316 g/mol. The standard InChI is InChI=1S/C16H24N6O/c1-5-12-8-10(2)17-16(19-12)22(4)9-14-13(6-7-23-14)15-18-11(3)20-21-15/h8,13-14H,5-7,9H2,1-4H3,(H,18,20,21)/t13-,14-/m1/s1. The molecule has 3 rings (SSSR count). The summed E-state index contributed by atoms with van der Waals surface area (Å²) in [7, 11) is 2.01. The fraction of sp³-hybridized carbons (Fsp3) is 0.625. The van der Waals surface area contributed by atoms with Gasteiger partial charge in [-0.05, 0) is 32.8 Å². The number of aryl methyl sites for hydroxylation is 3. The van der Waals surface area contributed by atoms with E-state index in [-0.39, 0.29) is 12.0 Å². The lowest BCUT2D eigenvalue weighted by Gasteiger charge is -2.24. The molecule has 2 atom stereocenters. The van der Waals surface area contributed by atoms with E-state index in [2.05, 4.69) is 37.0 Å².